The lowest BCUT2D eigenvalue weighted by molar-refractivity contribution is -0.384. The van der Waals surface area contributed by atoms with E-state index in [2.05, 4.69) is 6.92 Å². The smallest absolute Gasteiger partial charge is 0.338 e. The summed E-state index contributed by atoms with van der Waals surface area (Å²) in [7, 11) is -3.19. The zero-order valence-electron chi connectivity index (χ0n) is 19.9. The van der Waals surface area contributed by atoms with Crippen LogP contribution in [0.5, 0.6) is 0 Å². The Morgan fingerprint density at radius 2 is 1.94 bits per heavy atom. The van der Waals surface area contributed by atoms with Crippen molar-refractivity contribution in [3.8, 4) is 0 Å². The molecule has 0 aliphatic carbocycles. The molecule has 1 aromatic rings. The van der Waals surface area contributed by atoms with Crippen LogP contribution in [0.25, 0.3) is 0 Å². The number of piperidine rings is 1. The average molecular weight is 496 g/mol. The molecule has 11 heteroatoms. The number of ether oxygens (including phenoxy) is 1. The molecule has 0 bridgehead atoms. The van der Waals surface area contributed by atoms with Crippen molar-refractivity contribution in [2.75, 3.05) is 36.1 Å². The topological polar surface area (TPSA) is 127 Å². The van der Waals surface area contributed by atoms with E-state index in [1.807, 2.05) is 18.7 Å². The number of carbonyl (C=O) groups excluding carboxylic acids is 2. The van der Waals surface area contributed by atoms with Crippen molar-refractivity contribution in [2.24, 2.45) is 5.92 Å². The van der Waals surface area contributed by atoms with Gasteiger partial charge in [0, 0.05) is 31.2 Å². The minimum Gasteiger partial charge on any atom is -0.452 e. The Balaban J connectivity index is 1.70. The average Bonchev–Trinajstić information content (AvgIpc) is 3.16. The number of nitro groups is 1. The first-order valence-corrected chi connectivity index (χ1v) is 13.6. The molecule has 2 atom stereocenters. The summed E-state index contributed by atoms with van der Waals surface area (Å²) in [5.74, 6) is -0.804. The second kappa shape index (κ2) is 10.7. The molecular formula is C23H33N3O7S. The van der Waals surface area contributed by atoms with Crippen molar-refractivity contribution >= 4 is 33.1 Å². The number of amides is 1. The number of sulfone groups is 1. The van der Waals surface area contributed by atoms with E-state index >= 15 is 0 Å². The normalized spacial score (nSPS) is 21.1. The first-order chi connectivity index (χ1) is 16.0. The van der Waals surface area contributed by atoms with Gasteiger partial charge in [-0.05, 0) is 50.7 Å². The number of nitro benzene ring substituents is 1. The number of hydrogen-bond acceptors (Lipinski definition) is 8. The van der Waals surface area contributed by atoms with E-state index < -0.39 is 39.3 Å². The Labute approximate surface area is 200 Å². The molecule has 10 nitrogen and oxygen atoms in total. The number of anilines is 1. The van der Waals surface area contributed by atoms with Gasteiger partial charge < -0.3 is 14.5 Å². The van der Waals surface area contributed by atoms with Crippen molar-refractivity contribution < 1.29 is 27.7 Å². The Bertz CT molecular complexity index is 1030. The highest BCUT2D eigenvalue weighted by Crippen LogP contribution is 2.32. The highest BCUT2D eigenvalue weighted by Gasteiger charge is 2.37. The van der Waals surface area contributed by atoms with Crippen molar-refractivity contribution in [1.29, 1.82) is 0 Å². The second-order valence-electron chi connectivity index (χ2n) is 9.32. The molecule has 0 aromatic heterocycles. The lowest BCUT2D eigenvalue weighted by atomic mass is 9.98. The fourth-order valence-corrected chi connectivity index (χ4v) is 6.31. The van der Waals surface area contributed by atoms with Crippen LogP contribution in [0.15, 0.2) is 18.2 Å². The highest BCUT2D eigenvalue weighted by atomic mass is 32.2. The number of carbonyl (C=O) groups is 2. The number of rotatable bonds is 8. The molecule has 0 spiro atoms. The van der Waals surface area contributed by atoms with E-state index in [4.69, 9.17) is 4.74 Å². The summed E-state index contributed by atoms with van der Waals surface area (Å²) in [5.41, 5.74) is 0.287. The van der Waals surface area contributed by atoms with Gasteiger partial charge >= 0.3 is 5.97 Å². The molecular weight excluding hydrogens is 462 g/mol. The Hall–Kier alpha value is -2.69. The van der Waals surface area contributed by atoms with Gasteiger partial charge in [0.05, 0.1) is 22.0 Å². The zero-order chi connectivity index (χ0) is 25.0. The maximum atomic E-state index is 12.9. The third-order valence-electron chi connectivity index (χ3n) is 6.81. The molecule has 3 rings (SSSR count). The quantitative estimate of drug-likeness (QED) is 0.306. The molecule has 2 heterocycles. The van der Waals surface area contributed by atoms with Gasteiger partial charge in [0.2, 0.25) is 0 Å². The molecule has 1 amide bonds. The summed E-state index contributed by atoms with van der Waals surface area (Å²) in [6.07, 6.45) is 2.87. The molecule has 2 fully saturated rings. The van der Waals surface area contributed by atoms with Crippen LogP contribution in [0.2, 0.25) is 0 Å². The van der Waals surface area contributed by atoms with Crippen molar-refractivity contribution in [1.82, 2.24) is 4.90 Å². The predicted octanol–water partition coefficient (Wildman–Crippen LogP) is 2.80. The Kier molecular flexibility index (Phi) is 8.17. The van der Waals surface area contributed by atoms with Gasteiger partial charge in [-0.1, -0.05) is 13.8 Å². The van der Waals surface area contributed by atoms with Crippen LogP contribution in [0.3, 0.4) is 0 Å². The minimum absolute atomic E-state index is 0.00726. The summed E-state index contributed by atoms with van der Waals surface area (Å²) < 4.78 is 29.0. The fourth-order valence-electron chi connectivity index (χ4n) is 4.60. The third-order valence-corrected chi connectivity index (χ3v) is 8.56. The maximum absolute atomic E-state index is 12.9. The van der Waals surface area contributed by atoms with Crippen LogP contribution in [0.4, 0.5) is 11.4 Å². The first-order valence-electron chi connectivity index (χ1n) is 11.7. The lowest BCUT2D eigenvalue weighted by Gasteiger charge is -2.33. The van der Waals surface area contributed by atoms with Gasteiger partial charge in [0.25, 0.3) is 11.6 Å². The zero-order valence-corrected chi connectivity index (χ0v) is 20.8. The van der Waals surface area contributed by atoms with Gasteiger partial charge in [-0.3, -0.25) is 14.9 Å². The summed E-state index contributed by atoms with van der Waals surface area (Å²) in [5, 5.41) is 11.7. The van der Waals surface area contributed by atoms with E-state index in [-0.39, 0.29) is 28.8 Å². The lowest BCUT2D eigenvalue weighted by Crippen LogP contribution is -2.48. The van der Waals surface area contributed by atoms with E-state index in [1.54, 1.807) is 6.07 Å². The van der Waals surface area contributed by atoms with Gasteiger partial charge in [0.15, 0.2) is 16.4 Å². The molecule has 0 N–H and O–H groups in total. The van der Waals surface area contributed by atoms with Crippen LogP contribution in [0, 0.1) is 16.0 Å². The van der Waals surface area contributed by atoms with Gasteiger partial charge in [-0.15, -0.1) is 0 Å². The molecule has 2 saturated heterocycles. The maximum Gasteiger partial charge on any atom is 0.338 e. The molecule has 2 unspecified atom stereocenters. The monoisotopic (exact) mass is 495 g/mol. The number of hydrogen-bond donors (Lipinski definition) is 0. The van der Waals surface area contributed by atoms with Crippen molar-refractivity contribution in [2.45, 2.75) is 58.5 Å². The van der Waals surface area contributed by atoms with E-state index in [0.29, 0.717) is 37.5 Å². The minimum atomic E-state index is -3.19. The summed E-state index contributed by atoms with van der Waals surface area (Å²) in [4.78, 5) is 40.1. The van der Waals surface area contributed by atoms with Gasteiger partial charge in [-0.25, -0.2) is 13.2 Å². The van der Waals surface area contributed by atoms with Crippen LogP contribution in [-0.4, -0.2) is 73.4 Å². The van der Waals surface area contributed by atoms with Gasteiger partial charge in [-0.2, -0.15) is 0 Å². The van der Waals surface area contributed by atoms with Crippen LogP contribution < -0.4 is 4.90 Å². The third kappa shape index (κ3) is 6.05. The van der Waals surface area contributed by atoms with E-state index in [9.17, 15) is 28.1 Å². The molecule has 0 saturated carbocycles. The Morgan fingerprint density at radius 3 is 2.50 bits per heavy atom. The molecule has 34 heavy (non-hydrogen) atoms. The first kappa shape index (κ1) is 25.9. The number of nitrogens with zero attached hydrogens (tertiary/aromatic N) is 3. The van der Waals surface area contributed by atoms with Gasteiger partial charge in [0.1, 0.15) is 5.69 Å². The van der Waals surface area contributed by atoms with E-state index in [0.717, 1.165) is 12.8 Å². The summed E-state index contributed by atoms with van der Waals surface area (Å²) in [6.45, 7) is 6.74. The van der Waals surface area contributed by atoms with Crippen LogP contribution >= 0.6 is 0 Å². The molecule has 188 valence electrons. The standard InChI is InChI=1S/C23H33N3O7S/c1-4-17(3)25(19-9-12-34(31,32)15-19)22(27)14-33-23(28)18-5-6-20(21(13-18)26(29)30)24-10-7-16(2)8-11-24/h5-6,13,16-17,19H,4,7-12,14-15H2,1-3H3. The molecule has 2 aliphatic heterocycles. The van der Waals surface area contributed by atoms with E-state index in [1.165, 1.54) is 17.0 Å². The molecule has 2 aliphatic rings. The molecule has 1 aromatic carbocycles. The molecule has 0 radical (unpaired) electrons. The van der Waals surface area contributed by atoms with Crippen molar-refractivity contribution in [3.05, 3.63) is 33.9 Å². The fraction of sp³-hybridized carbons (Fsp3) is 0.652. The van der Waals surface area contributed by atoms with Crippen molar-refractivity contribution in [3.63, 3.8) is 0 Å². The predicted molar refractivity (Wildman–Crippen MR) is 128 cm³/mol. The number of benzene rings is 1. The van der Waals surface area contributed by atoms with Crippen LogP contribution in [-0.2, 0) is 19.4 Å². The summed E-state index contributed by atoms with van der Waals surface area (Å²) in [6, 6.07) is 3.57. The second-order valence-corrected chi connectivity index (χ2v) is 11.6. The SMILES string of the molecule is CCC(C)N(C(=O)COC(=O)c1ccc(N2CCC(C)CC2)c([N+](=O)[O-])c1)C1CCS(=O)(=O)C1. The summed E-state index contributed by atoms with van der Waals surface area (Å²) >= 11 is 0. The number of esters is 1. The highest BCUT2D eigenvalue weighted by molar-refractivity contribution is 7.91. The Morgan fingerprint density at radius 1 is 1.26 bits per heavy atom. The largest absolute Gasteiger partial charge is 0.452 e. The van der Waals surface area contributed by atoms with Crippen LogP contribution in [0.1, 0.15) is 56.8 Å².